The third kappa shape index (κ3) is 5.86. The average molecular weight is 297 g/mol. The van der Waals surface area contributed by atoms with E-state index in [9.17, 15) is 19.1 Å². The molecule has 0 spiro atoms. The predicted octanol–water partition coefficient (Wildman–Crippen LogP) is 0.980. The number of nitrogens with zero attached hydrogens (tertiary/aromatic N) is 1. The summed E-state index contributed by atoms with van der Waals surface area (Å²) < 4.78 is 17.0. The SMILES string of the molecule is CC(=O)[C@@H](N)CC(Cc1ccc(OCC[18F])cn1)C(=O)O. The van der Waals surface area contributed by atoms with Crippen LogP contribution in [0.3, 0.4) is 0 Å². The van der Waals surface area contributed by atoms with Crippen molar-refractivity contribution in [1.82, 2.24) is 4.98 Å². The minimum Gasteiger partial charge on any atom is -0.489 e. The second-order valence-corrected chi connectivity index (χ2v) is 4.71. The number of hydrogen-bond donors (Lipinski definition) is 2. The van der Waals surface area contributed by atoms with E-state index in [4.69, 9.17) is 10.5 Å². The summed E-state index contributed by atoms with van der Waals surface area (Å²) >= 11 is 0. The number of carbonyl (C=O) groups excluding carboxylic acids is 1. The molecule has 1 aromatic heterocycles. The summed E-state index contributed by atoms with van der Waals surface area (Å²) in [7, 11) is 0. The van der Waals surface area contributed by atoms with Crippen LogP contribution in [-0.4, -0.2) is 41.2 Å². The molecule has 7 heteroatoms. The Balaban J connectivity index is 2.66. The van der Waals surface area contributed by atoms with E-state index in [0.717, 1.165) is 0 Å². The first-order valence-electron chi connectivity index (χ1n) is 6.56. The molecule has 116 valence electrons. The van der Waals surface area contributed by atoms with Crippen LogP contribution in [0.15, 0.2) is 18.3 Å². The van der Waals surface area contributed by atoms with Gasteiger partial charge in [-0.15, -0.1) is 0 Å². The van der Waals surface area contributed by atoms with E-state index in [0.29, 0.717) is 11.4 Å². The monoisotopic (exact) mass is 297 g/mol. The van der Waals surface area contributed by atoms with Crippen molar-refractivity contribution < 1.29 is 23.8 Å². The van der Waals surface area contributed by atoms with E-state index < -0.39 is 24.6 Å². The second-order valence-electron chi connectivity index (χ2n) is 4.71. The van der Waals surface area contributed by atoms with Gasteiger partial charge >= 0.3 is 5.97 Å². The number of Topliss-reactive ketones (excluding diaryl/α,β-unsaturated/α-hetero) is 1. The van der Waals surface area contributed by atoms with Crippen molar-refractivity contribution in [3.05, 3.63) is 24.0 Å². The number of pyridine rings is 1. The first-order chi connectivity index (χ1) is 9.93. The van der Waals surface area contributed by atoms with Gasteiger partial charge in [0.25, 0.3) is 0 Å². The highest BCUT2D eigenvalue weighted by atomic mass is 18.2. The van der Waals surface area contributed by atoms with Crippen LogP contribution in [0, 0.1) is 5.92 Å². The zero-order chi connectivity index (χ0) is 15.8. The quantitative estimate of drug-likeness (QED) is 0.704. The lowest BCUT2D eigenvalue weighted by Gasteiger charge is -2.15. The van der Waals surface area contributed by atoms with Crippen LogP contribution in [0.4, 0.5) is 4.39 Å². The first-order valence-corrected chi connectivity index (χ1v) is 6.56. The van der Waals surface area contributed by atoms with E-state index in [1.165, 1.54) is 13.1 Å². The van der Waals surface area contributed by atoms with Gasteiger partial charge in [0.2, 0.25) is 0 Å². The minimum atomic E-state index is -1.02. The van der Waals surface area contributed by atoms with Crippen molar-refractivity contribution in [2.75, 3.05) is 13.3 Å². The van der Waals surface area contributed by atoms with Gasteiger partial charge in [0.1, 0.15) is 24.8 Å². The number of halogens is 1. The van der Waals surface area contributed by atoms with Gasteiger partial charge < -0.3 is 15.6 Å². The van der Waals surface area contributed by atoms with Crippen molar-refractivity contribution in [2.45, 2.75) is 25.8 Å². The number of ether oxygens (including phenoxy) is 1. The fourth-order valence-electron chi connectivity index (χ4n) is 1.77. The maximum absolute atomic E-state index is 12.0. The average Bonchev–Trinajstić information content (AvgIpc) is 2.45. The summed E-state index contributed by atoms with van der Waals surface area (Å²) in [6, 6.07) is 2.42. The van der Waals surface area contributed by atoms with Gasteiger partial charge in [-0.3, -0.25) is 14.6 Å². The molecule has 3 N–H and O–H groups in total. The second kappa shape index (κ2) is 8.31. The lowest BCUT2D eigenvalue weighted by atomic mass is 9.93. The zero-order valence-electron chi connectivity index (χ0n) is 11.8. The van der Waals surface area contributed by atoms with E-state index in [1.54, 1.807) is 12.1 Å². The molecule has 0 saturated heterocycles. The summed E-state index contributed by atoms with van der Waals surface area (Å²) in [6.07, 6.45) is 1.64. The molecule has 6 nitrogen and oxygen atoms in total. The Kier molecular flexibility index (Phi) is 6.74. The molecular formula is C14H19FN2O4. The molecule has 0 aliphatic heterocycles. The molecule has 0 bridgehead atoms. The number of carbonyl (C=O) groups is 2. The summed E-state index contributed by atoms with van der Waals surface area (Å²) in [6.45, 7) is 0.691. The molecule has 0 radical (unpaired) electrons. The molecular weight excluding hydrogens is 278 g/mol. The molecule has 0 aliphatic rings. The van der Waals surface area contributed by atoms with Crippen molar-refractivity contribution in [1.29, 1.82) is 0 Å². The van der Waals surface area contributed by atoms with Gasteiger partial charge in [-0.2, -0.15) is 0 Å². The van der Waals surface area contributed by atoms with Gasteiger partial charge in [0.15, 0.2) is 0 Å². The van der Waals surface area contributed by atoms with Crippen LogP contribution in [0.25, 0.3) is 0 Å². The smallest absolute Gasteiger partial charge is 0.306 e. The number of aliphatic carboxylic acids is 1. The minimum absolute atomic E-state index is 0.0494. The maximum atomic E-state index is 12.0. The Morgan fingerprint density at radius 2 is 2.19 bits per heavy atom. The van der Waals surface area contributed by atoms with Crippen LogP contribution in [0.1, 0.15) is 19.0 Å². The number of carboxylic acids is 1. The van der Waals surface area contributed by atoms with E-state index in [2.05, 4.69) is 4.98 Å². The molecule has 1 aromatic rings. The molecule has 1 rings (SSSR count). The largest absolute Gasteiger partial charge is 0.489 e. The molecule has 0 amide bonds. The molecule has 21 heavy (non-hydrogen) atoms. The third-order valence-corrected chi connectivity index (χ3v) is 3.01. The third-order valence-electron chi connectivity index (χ3n) is 3.01. The number of aromatic nitrogens is 1. The van der Waals surface area contributed by atoms with Crippen LogP contribution in [0.2, 0.25) is 0 Å². The zero-order valence-corrected chi connectivity index (χ0v) is 11.8. The lowest BCUT2D eigenvalue weighted by molar-refractivity contribution is -0.142. The van der Waals surface area contributed by atoms with E-state index >= 15 is 0 Å². The van der Waals surface area contributed by atoms with Gasteiger partial charge in [-0.25, -0.2) is 4.39 Å². The first kappa shape index (κ1) is 17.0. The summed E-state index contributed by atoms with van der Waals surface area (Å²) in [5.74, 6) is -1.63. The van der Waals surface area contributed by atoms with Gasteiger partial charge in [0.05, 0.1) is 18.2 Å². The van der Waals surface area contributed by atoms with E-state index in [1.807, 2.05) is 0 Å². The predicted molar refractivity (Wildman–Crippen MR) is 73.8 cm³/mol. The van der Waals surface area contributed by atoms with E-state index in [-0.39, 0.29) is 25.2 Å². The highest BCUT2D eigenvalue weighted by molar-refractivity contribution is 5.82. The highest BCUT2D eigenvalue weighted by Crippen LogP contribution is 2.16. The summed E-state index contributed by atoms with van der Waals surface area (Å²) in [5, 5.41) is 9.17. The molecule has 1 unspecified atom stereocenters. The normalized spacial score (nSPS) is 13.5. The lowest BCUT2D eigenvalue weighted by Crippen LogP contribution is -2.34. The molecule has 2 atom stereocenters. The number of nitrogens with two attached hydrogens (primary N) is 1. The van der Waals surface area contributed by atoms with Crippen molar-refractivity contribution in [3.63, 3.8) is 0 Å². The number of ketones is 1. The fourth-order valence-corrected chi connectivity index (χ4v) is 1.77. The van der Waals surface area contributed by atoms with Gasteiger partial charge in [0, 0.05) is 12.1 Å². The molecule has 0 fully saturated rings. The van der Waals surface area contributed by atoms with Crippen molar-refractivity contribution >= 4 is 11.8 Å². The molecule has 0 saturated carbocycles. The Bertz CT molecular complexity index is 478. The number of rotatable bonds is 9. The number of alkyl halides is 1. The topological polar surface area (TPSA) is 103 Å². The highest BCUT2D eigenvalue weighted by Gasteiger charge is 2.23. The number of carboxylic acid groups (broad SMARTS) is 1. The molecule has 0 aromatic carbocycles. The standard InChI is InChI=1S/C14H19FN2O4/c1-9(18)13(16)7-10(14(19)20)6-11-2-3-12(8-17-11)21-5-4-15/h2-3,8,10,13H,4-7,16H2,1H3,(H,19,20)/t10?,13-/m0/s1/i15-1. The van der Waals surface area contributed by atoms with Crippen LogP contribution in [0.5, 0.6) is 5.75 Å². The van der Waals surface area contributed by atoms with Crippen molar-refractivity contribution in [3.8, 4) is 5.75 Å². The Morgan fingerprint density at radius 1 is 1.48 bits per heavy atom. The Labute approximate surface area is 122 Å². The Hall–Kier alpha value is -2.02. The molecule has 1 heterocycles. The number of hydrogen-bond acceptors (Lipinski definition) is 5. The summed E-state index contributed by atoms with van der Waals surface area (Å²) in [5.41, 5.74) is 6.15. The van der Waals surface area contributed by atoms with Crippen LogP contribution >= 0.6 is 0 Å². The maximum Gasteiger partial charge on any atom is 0.306 e. The fraction of sp³-hybridized carbons (Fsp3) is 0.500. The van der Waals surface area contributed by atoms with Crippen LogP contribution < -0.4 is 10.5 Å². The van der Waals surface area contributed by atoms with Gasteiger partial charge in [-0.05, 0) is 25.5 Å². The van der Waals surface area contributed by atoms with Gasteiger partial charge in [-0.1, -0.05) is 0 Å². The summed E-state index contributed by atoms with van der Waals surface area (Å²) in [4.78, 5) is 26.4. The van der Waals surface area contributed by atoms with Crippen LogP contribution in [-0.2, 0) is 16.0 Å². The molecule has 0 aliphatic carbocycles. The Morgan fingerprint density at radius 3 is 2.67 bits per heavy atom. The van der Waals surface area contributed by atoms with Crippen molar-refractivity contribution in [2.24, 2.45) is 11.7 Å².